The molecule has 19 heavy (non-hydrogen) atoms. The minimum absolute atomic E-state index is 0.873. The van der Waals surface area contributed by atoms with Crippen LogP contribution in [0.3, 0.4) is 0 Å². The van der Waals surface area contributed by atoms with Crippen molar-refractivity contribution < 1.29 is 4.74 Å². The van der Waals surface area contributed by atoms with Crippen molar-refractivity contribution in [1.29, 1.82) is 0 Å². The predicted octanol–water partition coefficient (Wildman–Crippen LogP) is 5.13. The van der Waals surface area contributed by atoms with E-state index in [1.54, 1.807) is 0 Å². The highest BCUT2D eigenvalue weighted by atomic mass is 16.5. The van der Waals surface area contributed by atoms with E-state index in [-0.39, 0.29) is 0 Å². The summed E-state index contributed by atoms with van der Waals surface area (Å²) in [5, 5.41) is 0. The van der Waals surface area contributed by atoms with E-state index in [4.69, 9.17) is 4.74 Å². The van der Waals surface area contributed by atoms with E-state index in [0.29, 0.717) is 0 Å². The van der Waals surface area contributed by atoms with Gasteiger partial charge in [0.2, 0.25) is 0 Å². The number of ether oxygens (including phenoxy) is 1. The maximum absolute atomic E-state index is 6.04. The zero-order valence-corrected chi connectivity index (χ0v) is 11.3. The maximum atomic E-state index is 6.04. The van der Waals surface area contributed by atoms with Crippen LogP contribution < -0.4 is 0 Å². The first-order valence-corrected chi connectivity index (χ1v) is 6.46. The van der Waals surface area contributed by atoms with Crippen LogP contribution in [0.1, 0.15) is 25.0 Å². The molecule has 96 valence electrons. The zero-order valence-electron chi connectivity index (χ0n) is 11.3. The third kappa shape index (κ3) is 3.35. The smallest absolute Gasteiger partial charge is 0.130 e. The molecule has 0 saturated heterocycles. The number of rotatable bonds is 4. The molecule has 2 aromatic carbocycles. The summed E-state index contributed by atoms with van der Waals surface area (Å²) in [5.41, 5.74) is 2.17. The highest BCUT2D eigenvalue weighted by Crippen LogP contribution is 2.24. The van der Waals surface area contributed by atoms with Crippen LogP contribution in [0.5, 0.6) is 0 Å². The lowest BCUT2D eigenvalue weighted by Crippen LogP contribution is -1.93. The molecule has 0 radical (unpaired) electrons. The van der Waals surface area contributed by atoms with E-state index in [1.165, 1.54) is 0 Å². The predicted molar refractivity (Wildman–Crippen MR) is 81.3 cm³/mol. The monoisotopic (exact) mass is 250 g/mol. The number of hydrogen-bond acceptors (Lipinski definition) is 1. The number of allylic oxidation sites excluding steroid dienone is 2. The SMILES string of the molecule is CC=C(OC(=CC)c1ccccc1)c1ccccc1. The second-order valence-corrected chi connectivity index (χ2v) is 4.14. The fourth-order valence-electron chi connectivity index (χ4n) is 1.89. The summed E-state index contributed by atoms with van der Waals surface area (Å²) in [6, 6.07) is 20.3. The number of benzene rings is 2. The van der Waals surface area contributed by atoms with Crippen LogP contribution in [0, 0.1) is 0 Å². The lowest BCUT2D eigenvalue weighted by Gasteiger charge is -2.13. The Balaban J connectivity index is 2.24. The van der Waals surface area contributed by atoms with Gasteiger partial charge in [0.25, 0.3) is 0 Å². The first-order valence-electron chi connectivity index (χ1n) is 6.46. The zero-order chi connectivity index (χ0) is 13.5. The Morgan fingerprint density at radius 3 is 1.37 bits per heavy atom. The Labute approximate surface area is 114 Å². The van der Waals surface area contributed by atoms with Gasteiger partial charge < -0.3 is 4.74 Å². The molecule has 0 aliphatic heterocycles. The molecule has 0 aliphatic carbocycles. The second kappa shape index (κ2) is 6.60. The van der Waals surface area contributed by atoms with Crippen molar-refractivity contribution in [1.82, 2.24) is 0 Å². The second-order valence-electron chi connectivity index (χ2n) is 4.14. The molecule has 0 N–H and O–H groups in total. The van der Waals surface area contributed by atoms with Crippen LogP contribution in [0.15, 0.2) is 72.8 Å². The van der Waals surface area contributed by atoms with Gasteiger partial charge in [-0.2, -0.15) is 0 Å². The molecular weight excluding hydrogens is 232 g/mol. The van der Waals surface area contributed by atoms with E-state index >= 15 is 0 Å². The van der Waals surface area contributed by atoms with E-state index in [1.807, 2.05) is 86.7 Å². The fourth-order valence-corrected chi connectivity index (χ4v) is 1.89. The molecule has 1 heteroatoms. The molecule has 0 amide bonds. The lowest BCUT2D eigenvalue weighted by atomic mass is 10.1. The molecule has 0 heterocycles. The van der Waals surface area contributed by atoms with E-state index in [2.05, 4.69) is 0 Å². The summed E-state index contributed by atoms with van der Waals surface area (Å²) in [5.74, 6) is 1.75. The fraction of sp³-hybridized carbons (Fsp3) is 0.111. The molecule has 0 aromatic heterocycles. The van der Waals surface area contributed by atoms with Crippen molar-refractivity contribution in [3.63, 3.8) is 0 Å². The van der Waals surface area contributed by atoms with Gasteiger partial charge in [-0.1, -0.05) is 60.7 Å². The van der Waals surface area contributed by atoms with Gasteiger partial charge in [0.1, 0.15) is 11.5 Å². The third-order valence-electron chi connectivity index (χ3n) is 2.86. The van der Waals surface area contributed by atoms with Crippen molar-refractivity contribution in [2.75, 3.05) is 0 Å². The van der Waals surface area contributed by atoms with Crippen LogP contribution in [0.4, 0.5) is 0 Å². The van der Waals surface area contributed by atoms with Gasteiger partial charge >= 0.3 is 0 Å². The maximum Gasteiger partial charge on any atom is 0.130 e. The third-order valence-corrected chi connectivity index (χ3v) is 2.86. The molecule has 0 atom stereocenters. The highest BCUT2D eigenvalue weighted by molar-refractivity contribution is 5.69. The van der Waals surface area contributed by atoms with Crippen molar-refractivity contribution in [3.8, 4) is 0 Å². The summed E-state index contributed by atoms with van der Waals surface area (Å²) in [6.45, 7) is 3.97. The van der Waals surface area contributed by atoms with Crippen molar-refractivity contribution >= 4 is 11.5 Å². The van der Waals surface area contributed by atoms with Gasteiger partial charge in [0.05, 0.1) is 0 Å². The van der Waals surface area contributed by atoms with Gasteiger partial charge in [-0.3, -0.25) is 0 Å². The summed E-state index contributed by atoms with van der Waals surface area (Å²) in [6.07, 6.45) is 3.98. The first-order chi connectivity index (χ1) is 9.35. The topological polar surface area (TPSA) is 9.23 Å². The Morgan fingerprint density at radius 2 is 1.05 bits per heavy atom. The minimum atomic E-state index is 0.873. The molecule has 0 saturated carbocycles. The van der Waals surface area contributed by atoms with Crippen molar-refractivity contribution in [2.24, 2.45) is 0 Å². The lowest BCUT2D eigenvalue weighted by molar-refractivity contribution is 0.469. The molecule has 0 aliphatic rings. The molecule has 2 rings (SSSR count). The average molecular weight is 250 g/mol. The van der Waals surface area contributed by atoms with Crippen LogP contribution in [-0.4, -0.2) is 0 Å². The quantitative estimate of drug-likeness (QED) is 0.684. The Kier molecular flexibility index (Phi) is 4.57. The molecular formula is C18H18O. The van der Waals surface area contributed by atoms with Gasteiger partial charge in [-0.05, 0) is 26.0 Å². The minimum Gasteiger partial charge on any atom is -0.457 e. The normalized spacial score (nSPS) is 12.3. The largest absolute Gasteiger partial charge is 0.457 e. The average Bonchev–Trinajstić information content (AvgIpc) is 2.50. The van der Waals surface area contributed by atoms with Gasteiger partial charge in [0, 0.05) is 11.1 Å². The van der Waals surface area contributed by atoms with E-state index in [0.717, 1.165) is 22.6 Å². The van der Waals surface area contributed by atoms with Crippen LogP contribution >= 0.6 is 0 Å². The first kappa shape index (κ1) is 13.2. The Morgan fingerprint density at radius 1 is 0.684 bits per heavy atom. The Bertz CT molecular complexity index is 512. The van der Waals surface area contributed by atoms with Crippen LogP contribution in [0.25, 0.3) is 11.5 Å². The van der Waals surface area contributed by atoms with Crippen LogP contribution in [-0.2, 0) is 4.74 Å². The van der Waals surface area contributed by atoms with Crippen LogP contribution in [0.2, 0.25) is 0 Å². The number of hydrogen-bond donors (Lipinski definition) is 0. The molecule has 0 unspecified atom stereocenters. The van der Waals surface area contributed by atoms with Gasteiger partial charge in [-0.15, -0.1) is 0 Å². The Hall–Kier alpha value is -2.28. The molecule has 0 spiro atoms. The summed E-state index contributed by atoms with van der Waals surface area (Å²) in [4.78, 5) is 0. The van der Waals surface area contributed by atoms with Crippen molar-refractivity contribution in [2.45, 2.75) is 13.8 Å². The van der Waals surface area contributed by atoms with Crippen molar-refractivity contribution in [3.05, 3.63) is 83.9 Å². The van der Waals surface area contributed by atoms with Gasteiger partial charge in [0.15, 0.2) is 0 Å². The summed E-state index contributed by atoms with van der Waals surface area (Å²) < 4.78 is 6.04. The summed E-state index contributed by atoms with van der Waals surface area (Å²) in [7, 11) is 0. The van der Waals surface area contributed by atoms with Gasteiger partial charge in [-0.25, -0.2) is 0 Å². The highest BCUT2D eigenvalue weighted by Gasteiger charge is 2.06. The summed E-state index contributed by atoms with van der Waals surface area (Å²) >= 11 is 0. The molecule has 1 nitrogen and oxygen atoms in total. The molecule has 0 fully saturated rings. The molecule has 2 aromatic rings. The van der Waals surface area contributed by atoms with E-state index in [9.17, 15) is 0 Å². The molecule has 0 bridgehead atoms. The standard InChI is InChI=1S/C18H18O/c1-3-17(15-11-7-5-8-12-15)19-18(4-2)16-13-9-6-10-14-16/h3-14H,1-2H3. The van der Waals surface area contributed by atoms with E-state index < -0.39 is 0 Å².